The summed E-state index contributed by atoms with van der Waals surface area (Å²) >= 11 is 3.09. The van der Waals surface area contributed by atoms with E-state index in [-0.39, 0.29) is 11.6 Å². The van der Waals surface area contributed by atoms with Crippen molar-refractivity contribution >= 4 is 33.3 Å². The van der Waals surface area contributed by atoms with E-state index in [2.05, 4.69) is 60.2 Å². The molecule has 0 saturated heterocycles. The molecule has 0 aliphatic rings. The first-order valence-corrected chi connectivity index (χ1v) is 10.9. The third-order valence-electron chi connectivity index (χ3n) is 4.56. The third-order valence-corrected chi connectivity index (χ3v) is 6.53. The lowest BCUT2D eigenvalue weighted by atomic mass is 10.0. The first kappa shape index (κ1) is 18.9. The van der Waals surface area contributed by atoms with Gasteiger partial charge in [-0.25, -0.2) is 4.98 Å². The molecule has 6 nitrogen and oxygen atoms in total. The number of aromatic amines is 1. The Labute approximate surface area is 171 Å². The minimum Gasteiger partial charge on any atom is -0.309 e. The molecule has 8 heteroatoms. The van der Waals surface area contributed by atoms with Crippen LogP contribution in [0.15, 0.2) is 40.5 Å². The van der Waals surface area contributed by atoms with Crippen molar-refractivity contribution in [2.45, 2.75) is 44.6 Å². The number of hydrogen-bond acceptors (Lipinski definition) is 6. The lowest BCUT2D eigenvalue weighted by molar-refractivity contribution is 0.549. The maximum absolute atomic E-state index is 12.9. The summed E-state index contributed by atoms with van der Waals surface area (Å²) in [4.78, 5) is 22.4. The van der Waals surface area contributed by atoms with Crippen molar-refractivity contribution in [1.29, 1.82) is 0 Å². The van der Waals surface area contributed by atoms with Crippen molar-refractivity contribution < 1.29 is 0 Å². The van der Waals surface area contributed by atoms with E-state index in [1.165, 1.54) is 17.3 Å². The van der Waals surface area contributed by atoms with Crippen LogP contribution < -0.4 is 5.56 Å². The average Bonchev–Trinajstić information content (AvgIpc) is 3.25. The molecule has 0 saturated carbocycles. The molecule has 0 aliphatic carbocycles. The predicted molar refractivity (Wildman–Crippen MR) is 115 cm³/mol. The Morgan fingerprint density at radius 1 is 1.21 bits per heavy atom. The molecule has 3 heterocycles. The molecule has 0 atom stereocenters. The standard InChI is InChI=1S/C20H21N5OS2/c1-11(2)25-10-21-24-20(25)27-9-15-22-18(26)17-16(13(4)28-19(17)23-15)14-7-5-12(3)6-8-14/h5-8,10-11H,9H2,1-4H3,(H,22,23,26). The fraction of sp³-hybridized carbons (Fsp3) is 0.300. The van der Waals surface area contributed by atoms with Gasteiger partial charge < -0.3 is 9.55 Å². The van der Waals surface area contributed by atoms with Crippen molar-refractivity contribution in [3.8, 4) is 11.1 Å². The second-order valence-electron chi connectivity index (χ2n) is 7.00. The molecule has 28 heavy (non-hydrogen) atoms. The van der Waals surface area contributed by atoms with Crippen molar-refractivity contribution in [2.24, 2.45) is 0 Å². The van der Waals surface area contributed by atoms with Crippen molar-refractivity contribution in [2.75, 3.05) is 0 Å². The number of thioether (sulfide) groups is 1. The van der Waals surface area contributed by atoms with Gasteiger partial charge in [0.15, 0.2) is 5.16 Å². The van der Waals surface area contributed by atoms with E-state index in [9.17, 15) is 4.79 Å². The number of thiophene rings is 1. The van der Waals surface area contributed by atoms with E-state index in [4.69, 9.17) is 4.98 Å². The fourth-order valence-electron chi connectivity index (χ4n) is 3.12. The van der Waals surface area contributed by atoms with Crippen LogP contribution >= 0.6 is 23.1 Å². The molecule has 0 amide bonds. The van der Waals surface area contributed by atoms with E-state index >= 15 is 0 Å². The number of aryl methyl sites for hydroxylation is 2. The van der Waals surface area contributed by atoms with E-state index in [0.29, 0.717) is 17.0 Å². The molecule has 144 valence electrons. The smallest absolute Gasteiger partial charge is 0.260 e. The zero-order valence-corrected chi connectivity index (χ0v) is 17.8. The maximum atomic E-state index is 12.9. The Kier molecular flexibility index (Phi) is 5.07. The lowest BCUT2D eigenvalue weighted by Crippen LogP contribution is -2.11. The van der Waals surface area contributed by atoms with Crippen LogP contribution in [0.2, 0.25) is 0 Å². The molecule has 4 aromatic rings. The molecular formula is C20H21N5OS2. The highest BCUT2D eigenvalue weighted by molar-refractivity contribution is 7.98. The summed E-state index contributed by atoms with van der Waals surface area (Å²) in [5.41, 5.74) is 3.13. The number of nitrogens with zero attached hydrogens (tertiary/aromatic N) is 4. The first-order chi connectivity index (χ1) is 13.4. The van der Waals surface area contributed by atoms with Crippen LogP contribution in [0.3, 0.4) is 0 Å². The van der Waals surface area contributed by atoms with Gasteiger partial charge in [-0.3, -0.25) is 4.79 Å². The molecular weight excluding hydrogens is 390 g/mol. The number of rotatable bonds is 5. The number of aromatic nitrogens is 5. The Morgan fingerprint density at radius 2 is 1.96 bits per heavy atom. The summed E-state index contributed by atoms with van der Waals surface area (Å²) in [7, 11) is 0. The Morgan fingerprint density at radius 3 is 2.68 bits per heavy atom. The summed E-state index contributed by atoms with van der Waals surface area (Å²) in [6.07, 6.45) is 1.73. The first-order valence-electron chi connectivity index (χ1n) is 9.05. The van der Waals surface area contributed by atoms with Crippen LogP contribution in [0.1, 0.15) is 36.2 Å². The summed E-state index contributed by atoms with van der Waals surface area (Å²) < 4.78 is 2.01. The summed E-state index contributed by atoms with van der Waals surface area (Å²) in [5.74, 6) is 1.19. The number of nitrogens with one attached hydrogen (secondary N) is 1. The van der Waals surface area contributed by atoms with Crippen LogP contribution in [0.5, 0.6) is 0 Å². The second-order valence-corrected chi connectivity index (χ2v) is 9.14. The van der Waals surface area contributed by atoms with Gasteiger partial charge in [-0.15, -0.1) is 21.5 Å². The molecule has 3 aromatic heterocycles. The van der Waals surface area contributed by atoms with Crippen molar-refractivity contribution in [3.05, 3.63) is 57.2 Å². The van der Waals surface area contributed by atoms with E-state index in [1.807, 2.05) is 11.5 Å². The van der Waals surface area contributed by atoms with Gasteiger partial charge in [0.25, 0.3) is 5.56 Å². The zero-order valence-electron chi connectivity index (χ0n) is 16.2. The summed E-state index contributed by atoms with van der Waals surface area (Å²) in [5, 5.41) is 9.63. The van der Waals surface area contributed by atoms with E-state index < -0.39 is 0 Å². The monoisotopic (exact) mass is 411 g/mol. The second kappa shape index (κ2) is 7.52. The van der Waals surface area contributed by atoms with Crippen LogP contribution in [-0.2, 0) is 5.75 Å². The number of fused-ring (bicyclic) bond motifs is 1. The Bertz CT molecular complexity index is 1190. The molecule has 1 aromatic carbocycles. The summed E-state index contributed by atoms with van der Waals surface area (Å²) in [6.45, 7) is 8.27. The minimum atomic E-state index is -0.0918. The van der Waals surface area contributed by atoms with Crippen molar-refractivity contribution in [1.82, 2.24) is 24.7 Å². The van der Waals surface area contributed by atoms with Crippen LogP contribution in [0.4, 0.5) is 0 Å². The molecule has 4 rings (SSSR count). The summed E-state index contributed by atoms with van der Waals surface area (Å²) in [6, 6.07) is 8.53. The number of hydrogen-bond donors (Lipinski definition) is 1. The highest BCUT2D eigenvalue weighted by atomic mass is 32.2. The fourth-order valence-corrected chi connectivity index (χ4v) is 5.10. The van der Waals surface area contributed by atoms with Gasteiger partial charge in [0.2, 0.25) is 0 Å². The van der Waals surface area contributed by atoms with Gasteiger partial charge in [-0.2, -0.15) is 0 Å². The van der Waals surface area contributed by atoms with Crippen LogP contribution in [0, 0.1) is 13.8 Å². The van der Waals surface area contributed by atoms with E-state index in [1.54, 1.807) is 17.7 Å². The SMILES string of the molecule is Cc1ccc(-c2c(C)sc3nc(CSc4nncn4C(C)C)[nH]c(=O)c23)cc1. The normalized spacial score (nSPS) is 11.6. The molecule has 0 unspecified atom stereocenters. The van der Waals surface area contributed by atoms with Gasteiger partial charge in [0, 0.05) is 16.5 Å². The van der Waals surface area contributed by atoms with E-state index in [0.717, 1.165) is 26.0 Å². The maximum Gasteiger partial charge on any atom is 0.260 e. The number of benzene rings is 1. The zero-order chi connectivity index (χ0) is 19.8. The van der Waals surface area contributed by atoms with Crippen LogP contribution in [-0.4, -0.2) is 24.7 Å². The number of H-pyrrole nitrogens is 1. The molecule has 0 aliphatic heterocycles. The molecule has 0 radical (unpaired) electrons. The van der Waals surface area contributed by atoms with Crippen LogP contribution in [0.25, 0.3) is 21.3 Å². The van der Waals surface area contributed by atoms with Gasteiger partial charge in [0.05, 0.1) is 11.1 Å². The van der Waals surface area contributed by atoms with Gasteiger partial charge in [0.1, 0.15) is 17.0 Å². The lowest BCUT2D eigenvalue weighted by Gasteiger charge is -2.09. The van der Waals surface area contributed by atoms with Gasteiger partial charge >= 0.3 is 0 Å². The quantitative estimate of drug-likeness (QED) is 0.480. The Hall–Kier alpha value is -2.45. The minimum absolute atomic E-state index is 0.0918. The highest BCUT2D eigenvalue weighted by Crippen LogP contribution is 2.35. The topological polar surface area (TPSA) is 76.5 Å². The average molecular weight is 412 g/mol. The van der Waals surface area contributed by atoms with Crippen molar-refractivity contribution in [3.63, 3.8) is 0 Å². The van der Waals surface area contributed by atoms with Gasteiger partial charge in [-0.1, -0.05) is 41.6 Å². The molecule has 0 spiro atoms. The molecule has 0 bridgehead atoms. The Balaban J connectivity index is 1.69. The largest absolute Gasteiger partial charge is 0.309 e. The predicted octanol–water partition coefficient (Wildman–Crippen LogP) is 4.73. The van der Waals surface area contributed by atoms with Gasteiger partial charge in [-0.05, 0) is 33.3 Å². The molecule has 0 fully saturated rings. The highest BCUT2D eigenvalue weighted by Gasteiger charge is 2.17. The molecule has 1 N–H and O–H groups in total. The third kappa shape index (κ3) is 3.49.